The van der Waals surface area contributed by atoms with Gasteiger partial charge in [-0.1, -0.05) is 11.6 Å². The van der Waals surface area contributed by atoms with E-state index in [-0.39, 0.29) is 34.1 Å². The van der Waals surface area contributed by atoms with Gasteiger partial charge in [0.05, 0.1) is 16.1 Å². The van der Waals surface area contributed by atoms with E-state index in [1.807, 2.05) is 0 Å². The zero-order valence-electron chi connectivity index (χ0n) is 15.1. The van der Waals surface area contributed by atoms with Crippen LogP contribution in [0.1, 0.15) is 58.4 Å². The number of nitrogens with zero attached hydrogens (tertiary/aromatic N) is 2. The molecule has 0 radical (unpaired) electrons. The Balaban J connectivity index is 1.85. The Labute approximate surface area is 161 Å². The van der Waals surface area contributed by atoms with Gasteiger partial charge in [0.15, 0.2) is 5.78 Å². The van der Waals surface area contributed by atoms with Gasteiger partial charge in [-0.05, 0) is 44.9 Å². The number of alkyl carbamates (subject to hydrolysis) is 1. The van der Waals surface area contributed by atoms with E-state index in [9.17, 15) is 14.4 Å². The number of carbonyl (C=O) groups is 3. The zero-order chi connectivity index (χ0) is 19.8. The molecule has 0 atom stereocenters. The van der Waals surface area contributed by atoms with Gasteiger partial charge in [-0.3, -0.25) is 19.6 Å². The van der Waals surface area contributed by atoms with Crippen LogP contribution in [0, 0.1) is 0 Å². The summed E-state index contributed by atoms with van der Waals surface area (Å²) in [7, 11) is 0. The van der Waals surface area contributed by atoms with Crippen molar-refractivity contribution in [3.05, 3.63) is 57.6 Å². The smallest absolute Gasteiger partial charge is 0.407 e. The van der Waals surface area contributed by atoms with Crippen molar-refractivity contribution in [1.82, 2.24) is 15.3 Å². The molecule has 2 heterocycles. The fourth-order valence-corrected chi connectivity index (χ4v) is 3.04. The van der Waals surface area contributed by atoms with E-state index in [0.717, 1.165) is 0 Å². The van der Waals surface area contributed by atoms with Gasteiger partial charge >= 0.3 is 6.09 Å². The zero-order valence-corrected chi connectivity index (χ0v) is 15.9. The van der Waals surface area contributed by atoms with Gasteiger partial charge in [0.25, 0.3) is 0 Å². The molecule has 0 unspecified atom stereocenters. The Morgan fingerprint density at radius 3 is 2.37 bits per heavy atom. The molecule has 0 saturated carbocycles. The monoisotopic (exact) mass is 387 g/mol. The molecule has 8 heteroatoms. The topological polar surface area (TPSA) is 98.2 Å². The van der Waals surface area contributed by atoms with Crippen molar-refractivity contribution in [1.29, 1.82) is 0 Å². The molecule has 0 spiro atoms. The van der Waals surface area contributed by atoms with Crippen LogP contribution in [-0.4, -0.2) is 39.8 Å². The highest BCUT2D eigenvalue weighted by molar-refractivity contribution is 6.38. The van der Waals surface area contributed by atoms with Gasteiger partial charge in [-0.25, -0.2) is 4.79 Å². The van der Waals surface area contributed by atoms with E-state index in [2.05, 4.69) is 15.3 Å². The first-order valence-corrected chi connectivity index (χ1v) is 8.75. The molecule has 1 aliphatic rings. The van der Waals surface area contributed by atoms with Crippen molar-refractivity contribution >= 4 is 29.3 Å². The van der Waals surface area contributed by atoms with Crippen LogP contribution in [0.25, 0.3) is 0 Å². The minimum Gasteiger partial charge on any atom is -0.444 e. The molecule has 140 valence electrons. The number of hydrogen-bond donors (Lipinski definition) is 1. The van der Waals surface area contributed by atoms with Crippen LogP contribution in [0.3, 0.4) is 0 Å². The normalized spacial score (nSPS) is 13.0. The Kier molecular flexibility index (Phi) is 4.97. The van der Waals surface area contributed by atoms with E-state index >= 15 is 0 Å². The summed E-state index contributed by atoms with van der Waals surface area (Å²) in [6.07, 6.45) is 2.62. The molecular formula is C19H18ClN3O4. The third kappa shape index (κ3) is 3.83. The molecule has 0 fully saturated rings. The van der Waals surface area contributed by atoms with Crippen LogP contribution in [0.4, 0.5) is 4.79 Å². The lowest BCUT2D eigenvalue weighted by molar-refractivity contribution is 0.0528. The van der Waals surface area contributed by atoms with Crippen LogP contribution in [0.2, 0.25) is 5.02 Å². The third-order valence-corrected chi connectivity index (χ3v) is 4.20. The maximum atomic E-state index is 13.0. The minimum atomic E-state index is -0.601. The van der Waals surface area contributed by atoms with Crippen molar-refractivity contribution in [2.75, 3.05) is 6.54 Å². The summed E-state index contributed by atoms with van der Waals surface area (Å²) in [5, 5.41) is 2.81. The van der Waals surface area contributed by atoms with Gasteiger partial charge in [0.1, 0.15) is 17.0 Å². The SMILES string of the molecule is CC(C)(C)OC(=O)NCCc1ccnc2c1C(=O)c1c(Cl)ccnc1C2=O. The Bertz CT molecular complexity index is 950. The molecule has 0 bridgehead atoms. The molecule has 7 nitrogen and oxygen atoms in total. The predicted molar refractivity (Wildman–Crippen MR) is 98.3 cm³/mol. The number of rotatable bonds is 3. The van der Waals surface area contributed by atoms with Crippen molar-refractivity contribution in [2.24, 2.45) is 0 Å². The average molecular weight is 388 g/mol. The minimum absolute atomic E-state index is 0.0107. The molecule has 0 aliphatic heterocycles. The maximum absolute atomic E-state index is 13.0. The lowest BCUT2D eigenvalue weighted by atomic mass is 9.86. The number of carbonyl (C=O) groups excluding carboxylic acids is 3. The first-order valence-electron chi connectivity index (χ1n) is 8.37. The highest BCUT2D eigenvalue weighted by atomic mass is 35.5. The molecular weight excluding hydrogens is 370 g/mol. The molecule has 27 heavy (non-hydrogen) atoms. The molecule has 1 amide bonds. The second-order valence-electron chi connectivity index (χ2n) is 7.05. The van der Waals surface area contributed by atoms with Crippen LogP contribution in [0.15, 0.2) is 24.5 Å². The Morgan fingerprint density at radius 2 is 1.70 bits per heavy atom. The molecule has 2 aromatic heterocycles. The highest BCUT2D eigenvalue weighted by Crippen LogP contribution is 2.31. The summed E-state index contributed by atoms with van der Waals surface area (Å²) in [5.74, 6) is -0.831. The highest BCUT2D eigenvalue weighted by Gasteiger charge is 2.35. The number of hydrogen-bond acceptors (Lipinski definition) is 6. The van der Waals surface area contributed by atoms with E-state index in [1.165, 1.54) is 18.5 Å². The van der Waals surface area contributed by atoms with E-state index in [4.69, 9.17) is 16.3 Å². The van der Waals surface area contributed by atoms with Crippen molar-refractivity contribution in [2.45, 2.75) is 32.8 Å². The van der Waals surface area contributed by atoms with Gasteiger partial charge in [0, 0.05) is 18.9 Å². The number of halogens is 1. The van der Waals surface area contributed by atoms with Gasteiger partial charge in [0.2, 0.25) is 5.78 Å². The molecule has 3 rings (SSSR count). The predicted octanol–water partition coefficient (Wildman–Crippen LogP) is 2.97. The van der Waals surface area contributed by atoms with E-state index in [1.54, 1.807) is 26.8 Å². The first-order chi connectivity index (χ1) is 12.7. The lowest BCUT2D eigenvalue weighted by Gasteiger charge is -2.21. The van der Waals surface area contributed by atoms with Gasteiger partial charge in [-0.15, -0.1) is 0 Å². The van der Waals surface area contributed by atoms with Crippen LogP contribution in [0.5, 0.6) is 0 Å². The third-order valence-electron chi connectivity index (χ3n) is 3.88. The Hall–Kier alpha value is -2.80. The summed E-state index contributed by atoms with van der Waals surface area (Å²) in [6, 6.07) is 3.12. The fraction of sp³-hybridized carbons (Fsp3) is 0.316. The summed E-state index contributed by atoms with van der Waals surface area (Å²) in [4.78, 5) is 45.4. The van der Waals surface area contributed by atoms with Crippen molar-refractivity contribution < 1.29 is 19.1 Å². The number of fused-ring (bicyclic) bond motifs is 2. The largest absolute Gasteiger partial charge is 0.444 e. The number of nitrogens with one attached hydrogen (secondary N) is 1. The molecule has 2 aromatic rings. The molecule has 0 saturated heterocycles. The van der Waals surface area contributed by atoms with E-state index < -0.39 is 23.3 Å². The van der Waals surface area contributed by atoms with Crippen LogP contribution < -0.4 is 5.32 Å². The summed E-state index contributed by atoms with van der Waals surface area (Å²) in [5.41, 5.74) is 0.353. The first kappa shape index (κ1) is 19.0. The number of ketones is 2. The fourth-order valence-electron chi connectivity index (χ4n) is 2.81. The molecule has 1 N–H and O–H groups in total. The second-order valence-corrected chi connectivity index (χ2v) is 7.45. The number of ether oxygens (including phenoxy) is 1. The number of pyridine rings is 2. The number of amides is 1. The molecule has 1 aliphatic carbocycles. The maximum Gasteiger partial charge on any atom is 0.407 e. The quantitative estimate of drug-likeness (QED) is 0.741. The van der Waals surface area contributed by atoms with Gasteiger partial charge < -0.3 is 10.1 Å². The lowest BCUT2D eigenvalue weighted by Crippen LogP contribution is -2.34. The van der Waals surface area contributed by atoms with Crippen molar-refractivity contribution in [3.63, 3.8) is 0 Å². The van der Waals surface area contributed by atoms with Crippen LogP contribution in [-0.2, 0) is 11.2 Å². The average Bonchev–Trinajstić information content (AvgIpc) is 2.57. The summed E-state index contributed by atoms with van der Waals surface area (Å²) >= 11 is 6.12. The van der Waals surface area contributed by atoms with E-state index in [0.29, 0.717) is 12.0 Å². The standard InChI is InChI=1S/C19H18ClN3O4/c1-19(2,3)27-18(26)23-8-5-10-4-7-21-14-12(10)16(24)13-11(20)6-9-22-15(13)17(14)25/h4,6-7,9H,5,8H2,1-3H3,(H,23,26). The van der Waals surface area contributed by atoms with Gasteiger partial charge in [-0.2, -0.15) is 0 Å². The molecule has 0 aromatic carbocycles. The van der Waals surface area contributed by atoms with Crippen LogP contribution >= 0.6 is 11.6 Å². The van der Waals surface area contributed by atoms with Crippen molar-refractivity contribution in [3.8, 4) is 0 Å². The second kappa shape index (κ2) is 7.08. The summed E-state index contributed by atoms with van der Waals surface area (Å²) in [6.45, 7) is 5.54. The Morgan fingerprint density at radius 1 is 1.07 bits per heavy atom. The number of aromatic nitrogens is 2. The summed E-state index contributed by atoms with van der Waals surface area (Å²) < 4.78 is 5.18.